The third-order valence-electron chi connectivity index (χ3n) is 4.66. The smallest absolute Gasteiger partial charge is 0.190 e. The van der Waals surface area contributed by atoms with Gasteiger partial charge in [0.1, 0.15) is 5.82 Å². The molecule has 3 heterocycles. The van der Waals surface area contributed by atoms with Gasteiger partial charge in [-0.3, -0.25) is 0 Å². The van der Waals surface area contributed by atoms with Crippen LogP contribution in [0.5, 0.6) is 0 Å². The molecule has 2 fully saturated rings. The highest BCUT2D eigenvalue weighted by Crippen LogP contribution is 2.28. The number of sulfone groups is 1. The minimum absolute atomic E-state index is 0.328. The Labute approximate surface area is 136 Å². The van der Waals surface area contributed by atoms with Crippen molar-refractivity contribution in [2.24, 2.45) is 13.0 Å². The molecular weight excluding hydrogens is 320 g/mol. The van der Waals surface area contributed by atoms with E-state index in [4.69, 9.17) is 0 Å². The summed E-state index contributed by atoms with van der Waals surface area (Å²) < 4.78 is 25.1. The van der Waals surface area contributed by atoms with Crippen LogP contribution in [0.3, 0.4) is 0 Å². The van der Waals surface area contributed by atoms with Gasteiger partial charge in [-0.15, -0.1) is 10.2 Å². The van der Waals surface area contributed by atoms with Gasteiger partial charge in [0.05, 0.1) is 11.5 Å². The molecule has 2 aliphatic heterocycles. The summed E-state index contributed by atoms with van der Waals surface area (Å²) in [6, 6.07) is 0. The number of rotatable bonds is 5. The fourth-order valence-electron chi connectivity index (χ4n) is 3.30. The molecule has 0 aromatic carbocycles. The Kier molecular flexibility index (Phi) is 5.09. The van der Waals surface area contributed by atoms with Gasteiger partial charge >= 0.3 is 0 Å². The number of nitrogens with one attached hydrogen (secondary N) is 1. The van der Waals surface area contributed by atoms with E-state index in [0.717, 1.165) is 55.5 Å². The number of hydrogen-bond acceptors (Lipinski definition) is 6. The molecule has 1 aromatic heterocycles. The van der Waals surface area contributed by atoms with Crippen LogP contribution in [0.1, 0.15) is 37.4 Å². The van der Waals surface area contributed by atoms with Crippen LogP contribution in [0.4, 0.5) is 0 Å². The molecule has 2 saturated heterocycles. The van der Waals surface area contributed by atoms with Crippen molar-refractivity contribution >= 4 is 21.6 Å². The van der Waals surface area contributed by atoms with E-state index in [9.17, 15) is 8.42 Å². The van der Waals surface area contributed by atoms with Crippen molar-refractivity contribution in [2.75, 3.05) is 30.3 Å². The van der Waals surface area contributed by atoms with E-state index in [1.54, 1.807) is 11.8 Å². The average Bonchev–Trinajstić information content (AvgIpc) is 3.03. The van der Waals surface area contributed by atoms with E-state index in [1.165, 1.54) is 0 Å². The van der Waals surface area contributed by atoms with Gasteiger partial charge in [0, 0.05) is 18.7 Å². The maximum Gasteiger partial charge on any atom is 0.190 e. The number of hydrogen-bond donors (Lipinski definition) is 1. The van der Waals surface area contributed by atoms with Crippen molar-refractivity contribution in [1.82, 2.24) is 20.1 Å². The molecule has 0 aliphatic carbocycles. The summed E-state index contributed by atoms with van der Waals surface area (Å²) in [6.07, 6.45) is 4.01. The molecule has 0 saturated carbocycles. The highest BCUT2D eigenvalue weighted by molar-refractivity contribution is 7.99. The summed E-state index contributed by atoms with van der Waals surface area (Å²) in [4.78, 5) is 0. The molecule has 0 amide bonds. The van der Waals surface area contributed by atoms with Crippen molar-refractivity contribution in [3.63, 3.8) is 0 Å². The summed E-state index contributed by atoms with van der Waals surface area (Å²) in [5, 5.41) is 13.0. The van der Waals surface area contributed by atoms with Crippen molar-refractivity contribution < 1.29 is 8.42 Å². The lowest BCUT2D eigenvalue weighted by Crippen LogP contribution is -2.27. The van der Waals surface area contributed by atoms with Gasteiger partial charge < -0.3 is 9.88 Å². The maximum absolute atomic E-state index is 11.5. The van der Waals surface area contributed by atoms with Crippen LogP contribution in [-0.4, -0.2) is 53.5 Å². The Morgan fingerprint density at radius 3 is 2.73 bits per heavy atom. The monoisotopic (exact) mass is 344 g/mol. The fraction of sp³-hybridized carbons (Fsp3) is 0.857. The van der Waals surface area contributed by atoms with E-state index in [0.29, 0.717) is 23.3 Å². The Morgan fingerprint density at radius 2 is 2.05 bits per heavy atom. The number of thioether (sulfide) groups is 1. The molecule has 0 bridgehead atoms. The summed E-state index contributed by atoms with van der Waals surface area (Å²) in [7, 11) is -0.716. The molecular formula is C14H24N4O2S2. The fourth-order valence-corrected chi connectivity index (χ4v) is 6.23. The number of nitrogens with zero attached hydrogens (tertiary/aromatic N) is 3. The second kappa shape index (κ2) is 6.88. The van der Waals surface area contributed by atoms with Crippen LogP contribution in [0, 0.1) is 5.92 Å². The van der Waals surface area contributed by atoms with Crippen molar-refractivity contribution in [1.29, 1.82) is 0 Å². The van der Waals surface area contributed by atoms with Crippen LogP contribution in [-0.2, 0) is 16.9 Å². The van der Waals surface area contributed by atoms with Gasteiger partial charge in [0.2, 0.25) is 0 Å². The Hall–Kier alpha value is -0.600. The largest absolute Gasteiger partial charge is 0.317 e. The molecule has 6 nitrogen and oxygen atoms in total. The van der Waals surface area contributed by atoms with Crippen molar-refractivity contribution in [2.45, 2.75) is 36.8 Å². The predicted molar refractivity (Wildman–Crippen MR) is 87.9 cm³/mol. The standard InChI is InChI=1S/C14H24N4O2S2/c1-18-13(12-2-6-15-7-3-12)16-17-14(18)21-8-4-11-5-9-22(19,20)10-11/h11-12,15H,2-10H2,1H3/t11-/m0/s1. The number of piperidine rings is 1. The molecule has 0 unspecified atom stereocenters. The van der Waals surface area contributed by atoms with Crippen molar-refractivity contribution in [3.8, 4) is 0 Å². The van der Waals surface area contributed by atoms with E-state index >= 15 is 0 Å². The molecule has 124 valence electrons. The first kappa shape index (κ1) is 16.3. The molecule has 1 atom stereocenters. The van der Waals surface area contributed by atoms with Gasteiger partial charge in [0.25, 0.3) is 0 Å². The summed E-state index contributed by atoms with van der Waals surface area (Å²) in [6.45, 7) is 2.10. The van der Waals surface area contributed by atoms with Gasteiger partial charge in [-0.1, -0.05) is 11.8 Å². The quantitative estimate of drug-likeness (QED) is 0.809. The van der Waals surface area contributed by atoms with Gasteiger partial charge in [0.15, 0.2) is 15.0 Å². The lowest BCUT2D eigenvalue weighted by atomic mass is 9.97. The lowest BCUT2D eigenvalue weighted by Gasteiger charge is -2.21. The molecule has 2 aliphatic rings. The SMILES string of the molecule is Cn1c(SCC[C@H]2CCS(=O)(=O)C2)nnc1C1CCNCC1. The molecule has 0 spiro atoms. The Balaban J connectivity index is 1.52. The van der Waals surface area contributed by atoms with Crippen LogP contribution < -0.4 is 5.32 Å². The zero-order chi connectivity index (χ0) is 15.6. The molecule has 1 aromatic rings. The minimum Gasteiger partial charge on any atom is -0.317 e. The molecule has 8 heteroatoms. The van der Waals surface area contributed by atoms with Crippen LogP contribution in [0.15, 0.2) is 5.16 Å². The third kappa shape index (κ3) is 3.83. The van der Waals surface area contributed by atoms with E-state index in [2.05, 4.69) is 20.1 Å². The third-order valence-corrected chi connectivity index (χ3v) is 7.55. The highest BCUT2D eigenvalue weighted by Gasteiger charge is 2.27. The second-order valence-corrected chi connectivity index (χ2v) is 9.62. The van der Waals surface area contributed by atoms with Crippen LogP contribution in [0.2, 0.25) is 0 Å². The van der Waals surface area contributed by atoms with Gasteiger partial charge in [-0.2, -0.15) is 0 Å². The van der Waals surface area contributed by atoms with E-state index in [-0.39, 0.29) is 0 Å². The second-order valence-electron chi connectivity index (χ2n) is 6.33. The van der Waals surface area contributed by atoms with E-state index in [1.807, 2.05) is 7.05 Å². The first-order chi connectivity index (χ1) is 10.6. The highest BCUT2D eigenvalue weighted by atomic mass is 32.2. The molecule has 3 rings (SSSR count). The number of aromatic nitrogens is 3. The summed E-state index contributed by atoms with van der Waals surface area (Å²) in [5.41, 5.74) is 0. The summed E-state index contributed by atoms with van der Waals surface area (Å²) >= 11 is 1.70. The van der Waals surface area contributed by atoms with E-state index < -0.39 is 9.84 Å². The average molecular weight is 345 g/mol. The zero-order valence-corrected chi connectivity index (χ0v) is 14.6. The first-order valence-electron chi connectivity index (χ1n) is 7.98. The van der Waals surface area contributed by atoms with Gasteiger partial charge in [-0.05, 0) is 44.7 Å². The van der Waals surface area contributed by atoms with Crippen LogP contribution >= 0.6 is 11.8 Å². The van der Waals surface area contributed by atoms with Crippen molar-refractivity contribution in [3.05, 3.63) is 5.82 Å². The topological polar surface area (TPSA) is 76.9 Å². The Bertz CT molecular complexity index is 608. The first-order valence-corrected chi connectivity index (χ1v) is 10.8. The lowest BCUT2D eigenvalue weighted by molar-refractivity contribution is 0.434. The van der Waals surface area contributed by atoms with Crippen LogP contribution in [0.25, 0.3) is 0 Å². The zero-order valence-electron chi connectivity index (χ0n) is 13.0. The van der Waals surface area contributed by atoms with Gasteiger partial charge in [-0.25, -0.2) is 8.42 Å². The Morgan fingerprint density at radius 1 is 1.27 bits per heavy atom. The predicted octanol–water partition coefficient (Wildman–Crippen LogP) is 1.20. The normalized spacial score (nSPS) is 25.6. The summed E-state index contributed by atoms with van der Waals surface area (Å²) in [5.74, 6) is 3.58. The maximum atomic E-state index is 11.5. The minimum atomic E-state index is -2.76. The molecule has 22 heavy (non-hydrogen) atoms. The molecule has 0 radical (unpaired) electrons. The molecule has 1 N–H and O–H groups in total.